The molecule has 0 saturated heterocycles. The van der Waals surface area contributed by atoms with Gasteiger partial charge in [0.1, 0.15) is 0 Å². The molecule has 0 heterocycles. The zero-order valence-corrected chi connectivity index (χ0v) is 16.2. The molecule has 0 aromatic heterocycles. The molecule has 26 heavy (non-hydrogen) atoms. The van der Waals surface area contributed by atoms with Crippen LogP contribution in [0.25, 0.3) is 0 Å². The van der Waals surface area contributed by atoms with E-state index in [0.717, 1.165) is 43.4 Å². The second-order valence-electron chi connectivity index (χ2n) is 9.95. The number of carbonyl (C=O) groups is 2. The van der Waals surface area contributed by atoms with E-state index < -0.39 is 11.9 Å². The Labute approximate surface area is 157 Å². The first-order valence-electron chi connectivity index (χ1n) is 11.0. The number of aliphatic carboxylic acids is 1. The van der Waals surface area contributed by atoms with Gasteiger partial charge in [0, 0.05) is 23.8 Å². The summed E-state index contributed by atoms with van der Waals surface area (Å²) < 4.78 is 0. The zero-order valence-electron chi connectivity index (χ0n) is 16.2. The normalized spacial score (nSPS) is 42.4. The maximum absolute atomic E-state index is 13.1. The fourth-order valence-corrected chi connectivity index (χ4v) is 7.43. The van der Waals surface area contributed by atoms with Crippen molar-refractivity contribution in [2.24, 2.45) is 35.0 Å². The van der Waals surface area contributed by atoms with Gasteiger partial charge in [-0.05, 0) is 81.0 Å². The van der Waals surface area contributed by atoms with Gasteiger partial charge < -0.3 is 15.2 Å². The predicted octanol–water partition coefficient (Wildman–Crippen LogP) is 3.04. The van der Waals surface area contributed by atoms with Crippen LogP contribution in [0.4, 0.5) is 0 Å². The number of hydrogen-bond acceptors (Lipinski definition) is 3. The topological polar surface area (TPSA) is 69.2 Å². The van der Waals surface area contributed by atoms with E-state index in [-0.39, 0.29) is 23.3 Å². The Morgan fingerprint density at radius 2 is 1.54 bits per heavy atom. The number of nitrogens with one attached hydrogen (secondary N) is 1. The third kappa shape index (κ3) is 3.29. The summed E-state index contributed by atoms with van der Waals surface area (Å²) in [6, 6.07) is 0.234. The van der Waals surface area contributed by atoms with Crippen LogP contribution in [0.1, 0.15) is 84.0 Å². The highest BCUT2D eigenvalue weighted by Crippen LogP contribution is 2.61. The van der Waals surface area contributed by atoms with E-state index in [9.17, 15) is 14.7 Å². The fraction of sp³-hybridized carbons (Fsp3) is 0.909. The van der Waals surface area contributed by atoms with E-state index >= 15 is 0 Å². The first kappa shape index (κ1) is 18.3. The van der Waals surface area contributed by atoms with Gasteiger partial charge in [-0.2, -0.15) is 0 Å². The van der Waals surface area contributed by atoms with Gasteiger partial charge in [0.2, 0.25) is 5.91 Å². The van der Waals surface area contributed by atoms with Gasteiger partial charge in [0.05, 0.1) is 0 Å². The molecule has 0 aromatic carbocycles. The van der Waals surface area contributed by atoms with Crippen molar-refractivity contribution in [2.45, 2.75) is 90.0 Å². The SMILES string of the molecule is CCC[C@@H](NC(=O)[C@@H]1CCCC[C@@H]1C(=O)[O-])C12CC3CC(CC(C3)C1)C2. The highest BCUT2D eigenvalue weighted by Gasteiger charge is 2.54. The fourth-order valence-electron chi connectivity index (χ4n) is 7.43. The minimum absolute atomic E-state index is 0.00639. The van der Waals surface area contributed by atoms with Crippen LogP contribution < -0.4 is 10.4 Å². The number of amides is 1. The van der Waals surface area contributed by atoms with Crippen LogP contribution in [0.3, 0.4) is 0 Å². The second-order valence-corrected chi connectivity index (χ2v) is 9.95. The van der Waals surface area contributed by atoms with Crippen molar-refractivity contribution >= 4 is 11.9 Å². The van der Waals surface area contributed by atoms with E-state index in [0.29, 0.717) is 12.8 Å². The Hall–Kier alpha value is -1.06. The molecular weight excluding hydrogens is 326 g/mol. The average molecular weight is 361 g/mol. The van der Waals surface area contributed by atoms with Crippen LogP contribution >= 0.6 is 0 Å². The van der Waals surface area contributed by atoms with Gasteiger partial charge in [-0.3, -0.25) is 4.79 Å². The largest absolute Gasteiger partial charge is 0.550 e. The quantitative estimate of drug-likeness (QED) is 0.791. The molecule has 146 valence electrons. The number of carboxylic acids is 1. The first-order chi connectivity index (χ1) is 12.5. The summed E-state index contributed by atoms with van der Waals surface area (Å²) in [6.45, 7) is 2.20. The smallest absolute Gasteiger partial charge is 0.224 e. The number of carbonyl (C=O) groups excluding carboxylic acids is 2. The summed E-state index contributed by atoms with van der Waals surface area (Å²) in [5.74, 6) is 0.568. The van der Waals surface area contributed by atoms with Crippen molar-refractivity contribution in [1.82, 2.24) is 5.32 Å². The Balaban J connectivity index is 1.50. The molecule has 1 amide bonds. The van der Waals surface area contributed by atoms with Crippen LogP contribution in [-0.2, 0) is 9.59 Å². The molecule has 5 aliphatic rings. The molecule has 5 saturated carbocycles. The lowest BCUT2D eigenvalue weighted by Gasteiger charge is -2.59. The molecule has 4 bridgehead atoms. The van der Waals surface area contributed by atoms with Crippen molar-refractivity contribution in [3.05, 3.63) is 0 Å². The maximum atomic E-state index is 13.1. The zero-order chi connectivity index (χ0) is 18.3. The van der Waals surface area contributed by atoms with Crippen LogP contribution in [0, 0.1) is 35.0 Å². The summed E-state index contributed by atoms with van der Waals surface area (Å²) >= 11 is 0. The van der Waals surface area contributed by atoms with Crippen LogP contribution in [0.5, 0.6) is 0 Å². The van der Waals surface area contributed by atoms with E-state index in [1.54, 1.807) is 0 Å². The molecule has 5 rings (SSSR count). The molecule has 0 radical (unpaired) electrons. The molecule has 5 fully saturated rings. The summed E-state index contributed by atoms with van der Waals surface area (Å²) in [5, 5.41) is 14.9. The average Bonchev–Trinajstić information content (AvgIpc) is 2.60. The van der Waals surface area contributed by atoms with Gasteiger partial charge in [-0.25, -0.2) is 0 Å². The molecule has 0 spiro atoms. The van der Waals surface area contributed by atoms with Crippen LogP contribution in [0.15, 0.2) is 0 Å². The summed E-state index contributed by atoms with van der Waals surface area (Å²) in [5.41, 5.74) is 0.284. The van der Waals surface area contributed by atoms with Crippen LogP contribution in [0.2, 0.25) is 0 Å². The Kier molecular flexibility index (Phi) is 5.04. The van der Waals surface area contributed by atoms with Gasteiger partial charge in [0.15, 0.2) is 0 Å². The Bertz CT molecular complexity index is 522. The van der Waals surface area contributed by atoms with Gasteiger partial charge in [-0.1, -0.05) is 26.2 Å². The molecular formula is C22H34NO3-. The molecule has 5 aliphatic carbocycles. The van der Waals surface area contributed by atoms with Gasteiger partial charge >= 0.3 is 0 Å². The van der Waals surface area contributed by atoms with Gasteiger partial charge in [-0.15, -0.1) is 0 Å². The Morgan fingerprint density at radius 3 is 2.04 bits per heavy atom. The van der Waals surface area contributed by atoms with Crippen molar-refractivity contribution in [3.8, 4) is 0 Å². The van der Waals surface area contributed by atoms with Gasteiger partial charge in [0.25, 0.3) is 0 Å². The minimum atomic E-state index is -1.04. The van der Waals surface area contributed by atoms with Crippen LogP contribution in [-0.4, -0.2) is 17.9 Å². The third-order valence-corrected chi connectivity index (χ3v) is 8.12. The molecule has 4 heteroatoms. The van der Waals surface area contributed by atoms with Crippen molar-refractivity contribution in [3.63, 3.8) is 0 Å². The van der Waals surface area contributed by atoms with Crippen molar-refractivity contribution in [2.75, 3.05) is 0 Å². The monoisotopic (exact) mass is 360 g/mol. The second kappa shape index (κ2) is 7.16. The lowest BCUT2D eigenvalue weighted by atomic mass is 9.47. The first-order valence-corrected chi connectivity index (χ1v) is 11.0. The summed E-state index contributed by atoms with van der Waals surface area (Å²) in [7, 11) is 0. The molecule has 1 N–H and O–H groups in total. The molecule has 4 nitrogen and oxygen atoms in total. The van der Waals surface area contributed by atoms with E-state index in [2.05, 4.69) is 12.2 Å². The third-order valence-electron chi connectivity index (χ3n) is 8.12. The van der Waals surface area contributed by atoms with E-state index in [1.807, 2.05) is 0 Å². The lowest BCUT2D eigenvalue weighted by molar-refractivity contribution is -0.314. The lowest BCUT2D eigenvalue weighted by Crippen LogP contribution is -2.58. The Morgan fingerprint density at radius 1 is 1.00 bits per heavy atom. The van der Waals surface area contributed by atoms with Crippen molar-refractivity contribution < 1.29 is 14.7 Å². The number of hydrogen-bond donors (Lipinski definition) is 1. The molecule has 0 aromatic rings. The van der Waals surface area contributed by atoms with Crippen molar-refractivity contribution in [1.29, 1.82) is 0 Å². The standard InChI is InChI=1S/C22H35NO3/c1-2-5-19(22-11-14-8-15(12-22)10-16(9-14)13-22)23-20(24)17-6-3-4-7-18(17)21(25)26/h14-19H,2-13H2,1H3,(H,23,24)(H,25,26)/p-1/t14?,15?,16?,17-,18+,19-,22?/m1/s1. The molecule has 0 aliphatic heterocycles. The van der Waals surface area contributed by atoms with E-state index in [1.165, 1.54) is 38.5 Å². The molecule has 0 unspecified atom stereocenters. The molecule has 3 atom stereocenters. The predicted molar refractivity (Wildman–Crippen MR) is 97.9 cm³/mol. The highest BCUT2D eigenvalue weighted by atomic mass is 16.4. The summed E-state index contributed by atoms with van der Waals surface area (Å²) in [6.07, 6.45) is 13.3. The highest BCUT2D eigenvalue weighted by molar-refractivity contribution is 5.84. The number of rotatable bonds is 6. The minimum Gasteiger partial charge on any atom is -0.550 e. The number of carboxylic acid groups (broad SMARTS) is 1. The summed E-state index contributed by atoms with van der Waals surface area (Å²) in [4.78, 5) is 24.6. The van der Waals surface area contributed by atoms with E-state index in [4.69, 9.17) is 0 Å². The maximum Gasteiger partial charge on any atom is 0.224 e.